The molecular weight excluding hydrogens is 573 g/mol. The van der Waals surface area contributed by atoms with E-state index >= 15 is 0 Å². The van der Waals surface area contributed by atoms with Gasteiger partial charge in [-0.2, -0.15) is 13.2 Å². The molecule has 1 saturated heterocycles. The van der Waals surface area contributed by atoms with Crippen molar-refractivity contribution < 1.29 is 26.4 Å². The third-order valence-corrected chi connectivity index (χ3v) is 8.37. The Labute approximate surface area is 238 Å². The standard InChI is InChI=1S/C27H25F3N8O3S/c1-42(40,41)22-10-17(13-33-23(22)27(28,29)30)24(39)34-14-18-11-21-16(12-32-18)2-3-19(36-21)20-4-7-31-25(37-20)38-9-8-35-26(15-38)5-6-26/h2-4,7,10-13,35H,5-6,8-9,14-15H2,1H3,(H,34,39). The highest BCUT2D eigenvalue weighted by Crippen LogP contribution is 2.38. The zero-order valence-electron chi connectivity index (χ0n) is 22.3. The number of carbonyl (C=O) groups is 1. The normalized spacial score (nSPS) is 16.5. The average Bonchev–Trinajstić information content (AvgIpc) is 3.72. The number of rotatable bonds is 6. The Hall–Kier alpha value is -4.24. The molecule has 1 aliphatic heterocycles. The average molecular weight is 599 g/mol. The fraction of sp³-hybridized carbons (Fsp3) is 0.333. The minimum atomic E-state index is -4.99. The minimum Gasteiger partial charge on any atom is -0.346 e. The maximum Gasteiger partial charge on any atom is 0.434 e. The van der Waals surface area contributed by atoms with Gasteiger partial charge in [-0.15, -0.1) is 0 Å². The molecule has 42 heavy (non-hydrogen) atoms. The van der Waals surface area contributed by atoms with Crippen molar-refractivity contribution in [1.29, 1.82) is 0 Å². The lowest BCUT2D eigenvalue weighted by molar-refractivity contribution is -0.143. The van der Waals surface area contributed by atoms with E-state index in [4.69, 9.17) is 9.97 Å². The number of halogens is 3. The van der Waals surface area contributed by atoms with Crippen LogP contribution in [0.15, 0.2) is 53.8 Å². The molecule has 11 nitrogen and oxygen atoms in total. The molecule has 15 heteroatoms. The summed E-state index contributed by atoms with van der Waals surface area (Å²) in [5.74, 6) is -0.156. The molecule has 1 saturated carbocycles. The summed E-state index contributed by atoms with van der Waals surface area (Å²) in [6, 6.07) is 7.84. The van der Waals surface area contributed by atoms with E-state index in [0.29, 0.717) is 47.1 Å². The van der Waals surface area contributed by atoms with Crippen LogP contribution in [0.5, 0.6) is 0 Å². The van der Waals surface area contributed by atoms with Crippen LogP contribution in [0.3, 0.4) is 0 Å². The van der Waals surface area contributed by atoms with Crippen LogP contribution in [-0.4, -0.2) is 70.7 Å². The molecular formula is C27H25F3N8O3S. The molecule has 0 unspecified atom stereocenters. The number of amides is 1. The molecule has 0 atom stereocenters. The highest BCUT2D eigenvalue weighted by molar-refractivity contribution is 7.90. The molecule has 218 valence electrons. The number of fused-ring (bicyclic) bond motifs is 1. The number of hydrogen-bond donors (Lipinski definition) is 2. The summed E-state index contributed by atoms with van der Waals surface area (Å²) in [7, 11) is -4.30. The maximum atomic E-state index is 13.2. The summed E-state index contributed by atoms with van der Waals surface area (Å²) in [6.07, 6.45) is 1.92. The van der Waals surface area contributed by atoms with Gasteiger partial charge in [0.05, 0.1) is 39.6 Å². The Kier molecular flexibility index (Phi) is 6.80. The van der Waals surface area contributed by atoms with Gasteiger partial charge in [-0.25, -0.2) is 28.4 Å². The van der Waals surface area contributed by atoms with Crippen LogP contribution < -0.4 is 15.5 Å². The van der Waals surface area contributed by atoms with Crippen molar-refractivity contribution in [3.63, 3.8) is 0 Å². The summed E-state index contributed by atoms with van der Waals surface area (Å²) in [5, 5.41) is 6.87. The number of sulfone groups is 1. The highest BCUT2D eigenvalue weighted by atomic mass is 32.2. The van der Waals surface area contributed by atoms with Crippen molar-refractivity contribution in [3.8, 4) is 11.4 Å². The van der Waals surface area contributed by atoms with Crippen molar-refractivity contribution >= 4 is 32.6 Å². The van der Waals surface area contributed by atoms with Crippen LogP contribution in [0.1, 0.15) is 34.6 Å². The third kappa shape index (κ3) is 5.74. The second-order valence-corrected chi connectivity index (χ2v) is 12.4. The smallest absolute Gasteiger partial charge is 0.346 e. The lowest BCUT2D eigenvalue weighted by atomic mass is 10.2. The predicted molar refractivity (Wildman–Crippen MR) is 146 cm³/mol. The van der Waals surface area contributed by atoms with Crippen LogP contribution in [0.25, 0.3) is 22.3 Å². The molecule has 0 aromatic carbocycles. The summed E-state index contributed by atoms with van der Waals surface area (Å²) < 4.78 is 63.6. The van der Waals surface area contributed by atoms with Crippen molar-refractivity contribution in [2.45, 2.75) is 36.0 Å². The summed E-state index contributed by atoms with van der Waals surface area (Å²) in [6.45, 7) is 2.47. The molecule has 4 aromatic heterocycles. The fourth-order valence-corrected chi connectivity index (χ4v) is 5.75. The Bertz CT molecular complexity index is 1810. The van der Waals surface area contributed by atoms with Gasteiger partial charge in [0, 0.05) is 55.4 Å². The van der Waals surface area contributed by atoms with E-state index < -0.39 is 32.5 Å². The van der Waals surface area contributed by atoms with Crippen molar-refractivity contribution in [3.05, 3.63) is 65.9 Å². The third-order valence-electron chi connectivity index (χ3n) is 7.26. The van der Waals surface area contributed by atoms with Gasteiger partial charge in [-0.3, -0.25) is 9.78 Å². The quantitative estimate of drug-likeness (QED) is 0.340. The van der Waals surface area contributed by atoms with E-state index in [-0.39, 0.29) is 17.6 Å². The molecule has 0 bridgehead atoms. The second-order valence-electron chi connectivity index (χ2n) is 10.5. The minimum absolute atomic E-state index is 0.0850. The van der Waals surface area contributed by atoms with Crippen LogP contribution in [0, 0.1) is 0 Å². The summed E-state index contributed by atoms with van der Waals surface area (Å²) in [4.78, 5) is 35.3. The van der Waals surface area contributed by atoms with Crippen LogP contribution in [0.4, 0.5) is 19.1 Å². The number of nitrogens with zero attached hydrogens (tertiary/aromatic N) is 6. The first-order valence-electron chi connectivity index (χ1n) is 13.0. The zero-order valence-corrected chi connectivity index (χ0v) is 23.1. The lowest BCUT2D eigenvalue weighted by Crippen LogP contribution is -2.53. The van der Waals surface area contributed by atoms with Gasteiger partial charge in [0.1, 0.15) is 0 Å². The van der Waals surface area contributed by atoms with Crippen molar-refractivity contribution in [2.24, 2.45) is 0 Å². The number of hydrogen-bond acceptors (Lipinski definition) is 10. The molecule has 6 rings (SSSR count). The Morgan fingerprint density at radius 3 is 2.60 bits per heavy atom. The molecule has 0 radical (unpaired) electrons. The number of nitrogens with one attached hydrogen (secondary N) is 2. The molecule has 1 aliphatic carbocycles. The lowest BCUT2D eigenvalue weighted by Gasteiger charge is -2.34. The zero-order chi connectivity index (χ0) is 29.7. The molecule has 1 amide bonds. The molecule has 1 spiro atoms. The van der Waals surface area contributed by atoms with Gasteiger partial charge in [-0.05, 0) is 43.2 Å². The van der Waals surface area contributed by atoms with E-state index in [0.717, 1.165) is 37.9 Å². The molecule has 5 heterocycles. The van der Waals surface area contributed by atoms with Crippen LogP contribution >= 0.6 is 0 Å². The highest BCUT2D eigenvalue weighted by Gasteiger charge is 2.46. The first-order chi connectivity index (χ1) is 19.9. The first kappa shape index (κ1) is 27.9. The summed E-state index contributed by atoms with van der Waals surface area (Å²) in [5.41, 5.74) is 0.596. The maximum absolute atomic E-state index is 13.2. The number of carbonyl (C=O) groups excluding carboxylic acids is 1. The van der Waals surface area contributed by atoms with E-state index in [9.17, 15) is 26.4 Å². The first-order valence-corrected chi connectivity index (χ1v) is 14.9. The summed E-state index contributed by atoms with van der Waals surface area (Å²) >= 11 is 0. The van der Waals surface area contributed by atoms with Gasteiger partial charge in [0.2, 0.25) is 5.95 Å². The molecule has 2 N–H and O–H groups in total. The van der Waals surface area contributed by atoms with Gasteiger partial charge < -0.3 is 15.5 Å². The molecule has 2 fully saturated rings. The number of anilines is 1. The fourth-order valence-electron chi connectivity index (χ4n) is 4.89. The van der Waals surface area contributed by atoms with Crippen LogP contribution in [0.2, 0.25) is 0 Å². The number of pyridine rings is 3. The van der Waals surface area contributed by atoms with Gasteiger partial charge >= 0.3 is 6.18 Å². The second kappa shape index (κ2) is 10.2. The van der Waals surface area contributed by atoms with Crippen molar-refractivity contribution in [1.82, 2.24) is 35.6 Å². The topological polar surface area (TPSA) is 143 Å². The van der Waals surface area contributed by atoms with Gasteiger partial charge in [0.25, 0.3) is 5.91 Å². The number of aromatic nitrogens is 5. The SMILES string of the molecule is CS(=O)(=O)c1cc(C(=O)NCc2cc3nc(-c4ccnc(N5CCNC6(CC6)C5)n4)ccc3cn2)cnc1C(F)(F)F. The largest absolute Gasteiger partial charge is 0.434 e. The molecule has 2 aliphatic rings. The molecule has 4 aromatic rings. The predicted octanol–water partition coefficient (Wildman–Crippen LogP) is 2.78. The Morgan fingerprint density at radius 2 is 1.86 bits per heavy atom. The van der Waals surface area contributed by atoms with E-state index in [1.165, 1.54) is 0 Å². The van der Waals surface area contributed by atoms with Gasteiger partial charge in [0.15, 0.2) is 15.5 Å². The van der Waals surface area contributed by atoms with E-state index in [2.05, 4.69) is 30.5 Å². The monoisotopic (exact) mass is 598 g/mol. The van der Waals surface area contributed by atoms with Gasteiger partial charge in [-0.1, -0.05) is 0 Å². The van der Waals surface area contributed by atoms with E-state index in [1.54, 1.807) is 24.5 Å². The van der Waals surface area contributed by atoms with E-state index in [1.807, 2.05) is 12.1 Å². The van der Waals surface area contributed by atoms with Crippen LogP contribution in [-0.2, 0) is 22.6 Å². The Morgan fingerprint density at radius 1 is 1.07 bits per heavy atom. The number of alkyl halides is 3. The Balaban J connectivity index is 1.20. The number of piperazine rings is 1. The van der Waals surface area contributed by atoms with Crippen molar-refractivity contribution in [2.75, 3.05) is 30.8 Å².